The zero-order chi connectivity index (χ0) is 15.1. The minimum atomic E-state index is -0.0653. The summed E-state index contributed by atoms with van der Waals surface area (Å²) in [5, 5.41) is 3.97. The molecule has 1 amide bonds. The molecule has 0 atom stereocenters. The van der Waals surface area contributed by atoms with E-state index in [4.69, 9.17) is 5.73 Å². The van der Waals surface area contributed by atoms with E-state index in [1.807, 2.05) is 13.2 Å². The zero-order valence-corrected chi connectivity index (χ0v) is 14.4. The molecule has 3 N–H and O–H groups in total. The van der Waals surface area contributed by atoms with Crippen LogP contribution in [0.1, 0.15) is 43.3 Å². The summed E-state index contributed by atoms with van der Waals surface area (Å²) in [6.45, 7) is 8.87. The fourth-order valence-electron chi connectivity index (χ4n) is 2.09. The first-order valence-corrected chi connectivity index (χ1v) is 9.14. The molecule has 114 valence electrons. The molecule has 1 aromatic rings. The third-order valence-electron chi connectivity index (χ3n) is 2.90. The number of nitrogens with zero attached hydrogens (tertiary/aromatic N) is 1. The topological polar surface area (TPSA) is 58.4 Å². The average Bonchev–Trinajstić information content (AvgIpc) is 2.75. The number of carbonyl (C=O) groups is 1. The van der Waals surface area contributed by atoms with Crippen molar-refractivity contribution in [3.63, 3.8) is 0 Å². The predicted molar refractivity (Wildman–Crippen MR) is 91.3 cm³/mol. The number of nitrogen functional groups attached to an aromatic ring is 1. The third kappa shape index (κ3) is 3.82. The van der Waals surface area contributed by atoms with Gasteiger partial charge in [-0.2, -0.15) is 0 Å². The molecule has 0 saturated heterocycles. The number of anilines is 2. The minimum Gasteiger partial charge on any atom is -0.396 e. The maximum Gasteiger partial charge on any atom is 0.263 e. The van der Waals surface area contributed by atoms with Crippen LogP contribution in [0.5, 0.6) is 0 Å². The Hall–Kier alpha value is -0.880. The Kier molecular flexibility index (Phi) is 7.23. The van der Waals surface area contributed by atoms with E-state index in [0.717, 1.165) is 35.8 Å². The molecule has 1 aromatic heterocycles. The van der Waals surface area contributed by atoms with Crippen LogP contribution in [0.2, 0.25) is 0 Å². The summed E-state index contributed by atoms with van der Waals surface area (Å²) < 4.78 is 0. The molecule has 0 radical (unpaired) electrons. The summed E-state index contributed by atoms with van der Waals surface area (Å²) in [6, 6.07) is 0. The Labute approximate surface area is 130 Å². The Morgan fingerprint density at radius 2 is 1.90 bits per heavy atom. The standard InChI is InChI=1S/C14H25N3OS2/c1-5-8-17(9-6-2)14-12(19-4)10(15)11(20-14)13(18)16-7-3/h5-9,15H2,1-4H3,(H,16,18). The molecule has 6 heteroatoms. The van der Waals surface area contributed by atoms with Gasteiger partial charge < -0.3 is 16.0 Å². The van der Waals surface area contributed by atoms with E-state index < -0.39 is 0 Å². The van der Waals surface area contributed by atoms with Crippen LogP contribution >= 0.6 is 23.1 Å². The smallest absolute Gasteiger partial charge is 0.263 e. The maximum absolute atomic E-state index is 12.1. The van der Waals surface area contributed by atoms with Gasteiger partial charge in [-0.15, -0.1) is 23.1 Å². The molecule has 4 nitrogen and oxygen atoms in total. The second kappa shape index (κ2) is 8.42. The number of hydrogen-bond acceptors (Lipinski definition) is 5. The van der Waals surface area contributed by atoms with Crippen LogP contribution < -0.4 is 16.0 Å². The SMILES string of the molecule is CCCN(CCC)c1sc(C(=O)NCC)c(N)c1SC. The van der Waals surface area contributed by atoms with Crippen molar-refractivity contribution in [1.82, 2.24) is 5.32 Å². The highest BCUT2D eigenvalue weighted by atomic mass is 32.2. The lowest BCUT2D eigenvalue weighted by Crippen LogP contribution is -2.24. The molecule has 0 unspecified atom stereocenters. The van der Waals surface area contributed by atoms with Crippen LogP contribution in [0, 0.1) is 0 Å². The van der Waals surface area contributed by atoms with Crippen LogP contribution in [0.3, 0.4) is 0 Å². The number of nitrogens with two attached hydrogens (primary N) is 1. The zero-order valence-electron chi connectivity index (χ0n) is 12.8. The summed E-state index contributed by atoms with van der Waals surface area (Å²) >= 11 is 3.14. The molecule has 1 rings (SSSR count). The first-order chi connectivity index (χ1) is 9.60. The molecule has 0 aliphatic rings. The van der Waals surface area contributed by atoms with E-state index in [1.54, 1.807) is 11.8 Å². The van der Waals surface area contributed by atoms with Gasteiger partial charge in [-0.3, -0.25) is 4.79 Å². The molecule has 0 bridgehead atoms. The van der Waals surface area contributed by atoms with E-state index in [9.17, 15) is 4.79 Å². The van der Waals surface area contributed by atoms with Crippen molar-refractivity contribution >= 4 is 39.7 Å². The Morgan fingerprint density at radius 3 is 2.35 bits per heavy atom. The minimum absolute atomic E-state index is 0.0653. The van der Waals surface area contributed by atoms with Gasteiger partial charge in [0, 0.05) is 19.6 Å². The van der Waals surface area contributed by atoms with Gasteiger partial charge in [0.15, 0.2) is 0 Å². The normalized spacial score (nSPS) is 10.6. The van der Waals surface area contributed by atoms with E-state index >= 15 is 0 Å². The first kappa shape index (κ1) is 17.2. The fraction of sp³-hybridized carbons (Fsp3) is 0.643. The monoisotopic (exact) mass is 315 g/mol. The van der Waals surface area contributed by atoms with Gasteiger partial charge in [0.2, 0.25) is 0 Å². The quantitative estimate of drug-likeness (QED) is 0.722. The average molecular weight is 316 g/mol. The second-order valence-electron chi connectivity index (χ2n) is 4.53. The number of hydrogen-bond donors (Lipinski definition) is 2. The third-order valence-corrected chi connectivity index (χ3v) is 5.12. The van der Waals surface area contributed by atoms with Crippen molar-refractivity contribution in [1.29, 1.82) is 0 Å². The number of thiophene rings is 1. The Bertz CT molecular complexity index is 440. The lowest BCUT2D eigenvalue weighted by atomic mass is 10.3. The van der Waals surface area contributed by atoms with Gasteiger partial charge in [0.25, 0.3) is 5.91 Å². The summed E-state index contributed by atoms with van der Waals surface area (Å²) in [5.74, 6) is -0.0653. The number of nitrogens with one attached hydrogen (secondary N) is 1. The number of thioether (sulfide) groups is 1. The Morgan fingerprint density at radius 1 is 1.30 bits per heavy atom. The number of carbonyl (C=O) groups excluding carboxylic acids is 1. The van der Waals surface area contributed by atoms with E-state index in [-0.39, 0.29) is 5.91 Å². The summed E-state index contributed by atoms with van der Waals surface area (Å²) in [4.78, 5) is 16.1. The van der Waals surface area contributed by atoms with E-state index in [2.05, 4.69) is 24.1 Å². The van der Waals surface area contributed by atoms with E-state index in [1.165, 1.54) is 11.3 Å². The highest BCUT2D eigenvalue weighted by Crippen LogP contribution is 2.43. The lowest BCUT2D eigenvalue weighted by Gasteiger charge is -2.23. The Balaban J connectivity index is 3.17. The van der Waals surface area contributed by atoms with Gasteiger partial charge in [-0.25, -0.2) is 0 Å². The van der Waals surface area contributed by atoms with Crippen molar-refractivity contribution in [2.75, 3.05) is 36.5 Å². The van der Waals surface area contributed by atoms with Crippen LogP contribution in [0.25, 0.3) is 0 Å². The fourth-order valence-corrected chi connectivity index (χ4v) is 4.24. The summed E-state index contributed by atoms with van der Waals surface area (Å²) in [6.07, 6.45) is 4.18. The molecule has 0 fully saturated rings. The molecule has 0 aliphatic carbocycles. The van der Waals surface area contributed by atoms with Gasteiger partial charge in [0.1, 0.15) is 9.88 Å². The maximum atomic E-state index is 12.1. The number of amides is 1. The van der Waals surface area contributed by atoms with Crippen molar-refractivity contribution in [2.24, 2.45) is 0 Å². The molecule has 0 saturated carbocycles. The first-order valence-electron chi connectivity index (χ1n) is 7.09. The second-order valence-corrected chi connectivity index (χ2v) is 6.35. The highest BCUT2D eigenvalue weighted by molar-refractivity contribution is 7.99. The lowest BCUT2D eigenvalue weighted by molar-refractivity contribution is 0.0960. The van der Waals surface area contributed by atoms with Gasteiger partial charge >= 0.3 is 0 Å². The molecule has 0 aromatic carbocycles. The van der Waals surface area contributed by atoms with Crippen LogP contribution in [-0.4, -0.2) is 31.8 Å². The van der Waals surface area contributed by atoms with Crippen molar-refractivity contribution in [3.05, 3.63) is 4.88 Å². The van der Waals surface area contributed by atoms with Crippen LogP contribution in [0.15, 0.2) is 4.90 Å². The molecule has 0 spiro atoms. The van der Waals surface area contributed by atoms with Gasteiger partial charge in [0.05, 0.1) is 10.6 Å². The summed E-state index contributed by atoms with van der Waals surface area (Å²) in [7, 11) is 0. The molecular weight excluding hydrogens is 290 g/mol. The van der Waals surface area contributed by atoms with Crippen LogP contribution in [0.4, 0.5) is 10.7 Å². The van der Waals surface area contributed by atoms with E-state index in [0.29, 0.717) is 17.1 Å². The summed E-state index contributed by atoms with van der Waals surface area (Å²) in [5.41, 5.74) is 6.80. The van der Waals surface area contributed by atoms with Crippen molar-refractivity contribution < 1.29 is 4.79 Å². The van der Waals surface area contributed by atoms with Gasteiger partial charge in [-0.1, -0.05) is 13.8 Å². The molecule has 20 heavy (non-hydrogen) atoms. The molecular formula is C14H25N3OS2. The van der Waals surface area contributed by atoms with Gasteiger partial charge in [-0.05, 0) is 26.0 Å². The largest absolute Gasteiger partial charge is 0.396 e. The van der Waals surface area contributed by atoms with Crippen molar-refractivity contribution in [3.8, 4) is 0 Å². The van der Waals surface area contributed by atoms with Crippen molar-refractivity contribution in [2.45, 2.75) is 38.5 Å². The highest BCUT2D eigenvalue weighted by Gasteiger charge is 2.23. The number of rotatable bonds is 8. The predicted octanol–water partition coefficient (Wildman–Crippen LogP) is 3.43. The molecule has 0 aliphatic heterocycles. The van der Waals surface area contributed by atoms with Crippen LogP contribution in [-0.2, 0) is 0 Å². The molecule has 1 heterocycles.